The third kappa shape index (κ3) is 1.99. The van der Waals surface area contributed by atoms with Crippen molar-refractivity contribution in [3.8, 4) is 11.5 Å². The quantitative estimate of drug-likeness (QED) is 0.812. The van der Waals surface area contributed by atoms with Gasteiger partial charge in [0.15, 0.2) is 16.3 Å². The second kappa shape index (κ2) is 3.98. The van der Waals surface area contributed by atoms with Crippen molar-refractivity contribution in [1.82, 2.24) is 19.9 Å². The molecule has 0 fully saturated rings. The molecule has 0 bridgehead atoms. The minimum absolute atomic E-state index is 0.500. The van der Waals surface area contributed by atoms with E-state index in [1.165, 1.54) is 6.26 Å². The van der Waals surface area contributed by atoms with Crippen LogP contribution in [0.3, 0.4) is 0 Å². The fraction of sp³-hybridized carbons (Fsp3) is 0.444. The lowest BCUT2D eigenvalue weighted by Gasteiger charge is -2.07. The molecule has 0 radical (unpaired) electrons. The van der Waals surface area contributed by atoms with Gasteiger partial charge in [-0.2, -0.15) is 5.10 Å². The zero-order chi connectivity index (χ0) is 10.8. The molecule has 0 amide bonds. The number of aromatic nitrogens is 4. The Morgan fingerprint density at radius 1 is 1.60 bits per heavy atom. The first kappa shape index (κ1) is 10.1. The van der Waals surface area contributed by atoms with Crippen molar-refractivity contribution >= 4 is 12.2 Å². The van der Waals surface area contributed by atoms with E-state index in [9.17, 15) is 0 Å². The van der Waals surface area contributed by atoms with Gasteiger partial charge in [-0.25, -0.2) is 0 Å². The van der Waals surface area contributed by atoms with Crippen LogP contribution in [-0.2, 0) is 6.54 Å². The standard InChI is InChI=1S/C9H12N4OS/c1-6(2)5-13-8(10-11-9(13)15)7-3-4-14-12-7/h3-4,6H,5H2,1-2H3,(H,11,15). The highest BCUT2D eigenvalue weighted by atomic mass is 32.1. The van der Waals surface area contributed by atoms with Crippen LogP contribution >= 0.6 is 12.2 Å². The first-order valence-electron chi connectivity index (χ1n) is 4.74. The normalized spacial score (nSPS) is 11.1. The molecule has 2 aromatic rings. The molecule has 0 aliphatic rings. The maximum atomic E-state index is 5.15. The highest BCUT2D eigenvalue weighted by Gasteiger charge is 2.12. The van der Waals surface area contributed by atoms with Crippen LogP contribution in [0.2, 0.25) is 0 Å². The van der Waals surface area contributed by atoms with Gasteiger partial charge in [0, 0.05) is 12.6 Å². The largest absolute Gasteiger partial charge is 0.364 e. The number of hydrogen-bond acceptors (Lipinski definition) is 4. The number of rotatable bonds is 3. The van der Waals surface area contributed by atoms with Gasteiger partial charge in [0.25, 0.3) is 0 Å². The van der Waals surface area contributed by atoms with Gasteiger partial charge in [-0.05, 0) is 18.1 Å². The van der Waals surface area contributed by atoms with Gasteiger partial charge in [0.1, 0.15) is 6.26 Å². The SMILES string of the molecule is CC(C)Cn1c(-c2ccon2)n[nH]c1=S. The highest BCUT2D eigenvalue weighted by molar-refractivity contribution is 7.71. The zero-order valence-corrected chi connectivity index (χ0v) is 9.41. The van der Waals surface area contributed by atoms with E-state index in [0.29, 0.717) is 16.4 Å². The molecule has 0 aromatic carbocycles. The number of nitrogens with zero attached hydrogens (tertiary/aromatic N) is 3. The van der Waals surface area contributed by atoms with Gasteiger partial charge in [-0.3, -0.25) is 9.67 Å². The summed E-state index contributed by atoms with van der Waals surface area (Å²) in [6.07, 6.45) is 1.52. The molecule has 2 rings (SSSR count). The van der Waals surface area contributed by atoms with E-state index in [1.54, 1.807) is 6.07 Å². The lowest BCUT2D eigenvalue weighted by atomic mass is 10.2. The van der Waals surface area contributed by atoms with E-state index in [-0.39, 0.29) is 0 Å². The number of H-pyrrole nitrogens is 1. The van der Waals surface area contributed by atoms with Crippen molar-refractivity contribution < 1.29 is 4.52 Å². The van der Waals surface area contributed by atoms with Crippen LogP contribution in [0.1, 0.15) is 13.8 Å². The second-order valence-corrected chi connectivity index (χ2v) is 4.13. The van der Waals surface area contributed by atoms with Crippen molar-refractivity contribution in [1.29, 1.82) is 0 Å². The summed E-state index contributed by atoms with van der Waals surface area (Å²) in [4.78, 5) is 0. The number of nitrogens with one attached hydrogen (secondary N) is 1. The summed E-state index contributed by atoms with van der Waals surface area (Å²) in [6, 6.07) is 1.77. The molecule has 0 aliphatic carbocycles. The fourth-order valence-electron chi connectivity index (χ4n) is 1.38. The molecule has 0 saturated carbocycles. The Labute approximate surface area is 92.1 Å². The van der Waals surface area contributed by atoms with E-state index >= 15 is 0 Å². The van der Waals surface area contributed by atoms with Crippen molar-refractivity contribution in [2.75, 3.05) is 0 Å². The molecule has 2 aromatic heterocycles. The number of aromatic amines is 1. The minimum Gasteiger partial charge on any atom is -0.364 e. The molecule has 0 aliphatic heterocycles. The van der Waals surface area contributed by atoms with Crippen LogP contribution in [0, 0.1) is 10.7 Å². The summed E-state index contributed by atoms with van der Waals surface area (Å²) in [7, 11) is 0. The Morgan fingerprint density at radius 3 is 3.00 bits per heavy atom. The van der Waals surface area contributed by atoms with Gasteiger partial charge in [-0.1, -0.05) is 19.0 Å². The molecular weight excluding hydrogens is 212 g/mol. The van der Waals surface area contributed by atoms with Crippen molar-refractivity contribution in [2.24, 2.45) is 5.92 Å². The van der Waals surface area contributed by atoms with Crippen LogP contribution in [0.5, 0.6) is 0 Å². The van der Waals surface area contributed by atoms with Crippen molar-refractivity contribution in [3.05, 3.63) is 17.1 Å². The topological polar surface area (TPSA) is 59.6 Å². The monoisotopic (exact) mass is 224 g/mol. The molecule has 2 heterocycles. The van der Waals surface area contributed by atoms with Gasteiger partial charge in [0.2, 0.25) is 0 Å². The van der Waals surface area contributed by atoms with Crippen LogP contribution in [0.4, 0.5) is 0 Å². The summed E-state index contributed by atoms with van der Waals surface area (Å²) in [5, 5.41) is 10.7. The molecule has 6 heteroatoms. The highest BCUT2D eigenvalue weighted by Crippen LogP contribution is 2.15. The smallest absolute Gasteiger partial charge is 0.195 e. The average Bonchev–Trinajstić information content (AvgIpc) is 2.76. The second-order valence-electron chi connectivity index (χ2n) is 3.74. The Hall–Kier alpha value is -1.43. The fourth-order valence-corrected chi connectivity index (χ4v) is 1.58. The van der Waals surface area contributed by atoms with Crippen LogP contribution in [0.15, 0.2) is 16.9 Å². The van der Waals surface area contributed by atoms with Crippen LogP contribution in [0.25, 0.3) is 11.5 Å². The van der Waals surface area contributed by atoms with E-state index < -0.39 is 0 Å². The Kier molecular flexibility index (Phi) is 2.68. The molecule has 80 valence electrons. The molecule has 15 heavy (non-hydrogen) atoms. The first-order chi connectivity index (χ1) is 7.18. The first-order valence-corrected chi connectivity index (χ1v) is 5.15. The molecule has 1 N–H and O–H groups in total. The third-order valence-electron chi connectivity index (χ3n) is 1.97. The minimum atomic E-state index is 0.500. The Balaban J connectivity index is 2.45. The molecule has 5 nitrogen and oxygen atoms in total. The molecular formula is C9H12N4OS. The van der Waals surface area contributed by atoms with Gasteiger partial charge >= 0.3 is 0 Å². The van der Waals surface area contributed by atoms with E-state index in [2.05, 4.69) is 29.2 Å². The maximum absolute atomic E-state index is 5.15. The van der Waals surface area contributed by atoms with Crippen LogP contribution < -0.4 is 0 Å². The molecule has 0 atom stereocenters. The maximum Gasteiger partial charge on any atom is 0.195 e. The van der Waals surface area contributed by atoms with Gasteiger partial charge in [-0.15, -0.1) is 0 Å². The van der Waals surface area contributed by atoms with Gasteiger partial charge < -0.3 is 4.52 Å². The third-order valence-corrected chi connectivity index (χ3v) is 2.28. The zero-order valence-electron chi connectivity index (χ0n) is 8.60. The van der Waals surface area contributed by atoms with E-state index in [1.807, 2.05) is 4.57 Å². The predicted molar refractivity (Wildman–Crippen MR) is 57.7 cm³/mol. The molecule has 0 spiro atoms. The van der Waals surface area contributed by atoms with Crippen molar-refractivity contribution in [3.63, 3.8) is 0 Å². The molecule has 0 saturated heterocycles. The Bertz CT molecular complexity index is 482. The summed E-state index contributed by atoms with van der Waals surface area (Å²) < 4.78 is 7.33. The summed E-state index contributed by atoms with van der Waals surface area (Å²) in [5.74, 6) is 1.22. The summed E-state index contributed by atoms with van der Waals surface area (Å²) in [5.41, 5.74) is 0.697. The lowest BCUT2D eigenvalue weighted by molar-refractivity contribution is 0.420. The molecule has 0 unspecified atom stereocenters. The summed E-state index contributed by atoms with van der Waals surface area (Å²) in [6.45, 7) is 5.07. The predicted octanol–water partition coefficient (Wildman–Crippen LogP) is 2.25. The van der Waals surface area contributed by atoms with E-state index in [0.717, 1.165) is 12.4 Å². The number of hydrogen-bond donors (Lipinski definition) is 1. The van der Waals surface area contributed by atoms with Crippen molar-refractivity contribution in [2.45, 2.75) is 20.4 Å². The van der Waals surface area contributed by atoms with Crippen LogP contribution in [-0.4, -0.2) is 19.9 Å². The van der Waals surface area contributed by atoms with Gasteiger partial charge in [0.05, 0.1) is 0 Å². The lowest BCUT2D eigenvalue weighted by Crippen LogP contribution is -2.06. The Morgan fingerprint density at radius 2 is 2.40 bits per heavy atom. The summed E-state index contributed by atoms with van der Waals surface area (Å²) >= 11 is 5.15. The average molecular weight is 224 g/mol. The van der Waals surface area contributed by atoms with E-state index in [4.69, 9.17) is 16.7 Å².